The lowest BCUT2D eigenvalue weighted by atomic mass is 10.1. The summed E-state index contributed by atoms with van der Waals surface area (Å²) in [6.07, 6.45) is 2.08. The van der Waals surface area contributed by atoms with E-state index in [-0.39, 0.29) is 11.9 Å². The van der Waals surface area contributed by atoms with Gasteiger partial charge in [0.2, 0.25) is 0 Å². The second-order valence-electron chi connectivity index (χ2n) is 5.17. The van der Waals surface area contributed by atoms with E-state index in [1.54, 1.807) is 0 Å². The molecule has 1 unspecified atom stereocenters. The molecule has 1 aromatic heterocycles. The van der Waals surface area contributed by atoms with Crippen LogP contribution in [-0.4, -0.2) is 21.9 Å². The Kier molecular flexibility index (Phi) is 2.90. The van der Waals surface area contributed by atoms with Gasteiger partial charge in [0.25, 0.3) is 5.91 Å². The maximum absolute atomic E-state index is 12.6. The molecular weight excluding hydrogens is 236 g/mol. The summed E-state index contributed by atoms with van der Waals surface area (Å²) in [6, 6.07) is 12.1. The molecule has 1 aromatic carbocycles. The average Bonchev–Trinajstić information content (AvgIpc) is 2.88. The van der Waals surface area contributed by atoms with Crippen molar-refractivity contribution in [1.29, 1.82) is 0 Å². The molecule has 3 rings (SSSR count). The number of aromatic nitrogens is 1. The van der Waals surface area contributed by atoms with Gasteiger partial charge < -0.3 is 9.47 Å². The predicted molar refractivity (Wildman–Crippen MR) is 75.1 cm³/mol. The van der Waals surface area contributed by atoms with Gasteiger partial charge in [0.05, 0.1) is 6.04 Å². The molecule has 2 heterocycles. The van der Waals surface area contributed by atoms with E-state index in [1.165, 1.54) is 11.3 Å². The third kappa shape index (κ3) is 2.05. The Morgan fingerprint density at radius 3 is 2.63 bits per heavy atom. The fourth-order valence-corrected chi connectivity index (χ4v) is 2.72. The smallest absolute Gasteiger partial charge is 0.254 e. The van der Waals surface area contributed by atoms with Gasteiger partial charge in [0.1, 0.15) is 0 Å². The molecule has 0 spiro atoms. The highest BCUT2D eigenvalue weighted by Gasteiger charge is 2.27. The first-order valence-electron chi connectivity index (χ1n) is 6.69. The summed E-state index contributed by atoms with van der Waals surface area (Å²) in [5.41, 5.74) is 3.17. The van der Waals surface area contributed by atoms with Crippen LogP contribution in [0.3, 0.4) is 0 Å². The summed E-state index contributed by atoms with van der Waals surface area (Å²) < 4.78 is 2.23. The molecule has 0 saturated carbocycles. The van der Waals surface area contributed by atoms with Gasteiger partial charge in [-0.15, -0.1) is 0 Å². The van der Waals surface area contributed by atoms with Gasteiger partial charge in [-0.25, -0.2) is 0 Å². The van der Waals surface area contributed by atoms with Crippen molar-refractivity contribution < 1.29 is 4.79 Å². The molecule has 2 aromatic rings. The lowest BCUT2D eigenvalue weighted by Crippen LogP contribution is -2.40. The number of benzene rings is 1. The highest BCUT2D eigenvalue weighted by molar-refractivity contribution is 5.94. The Balaban J connectivity index is 1.87. The van der Waals surface area contributed by atoms with Crippen LogP contribution in [0.25, 0.3) is 0 Å². The molecule has 0 aliphatic carbocycles. The van der Waals surface area contributed by atoms with E-state index < -0.39 is 0 Å². The van der Waals surface area contributed by atoms with Crippen LogP contribution in [0.5, 0.6) is 0 Å². The van der Waals surface area contributed by atoms with Crippen LogP contribution >= 0.6 is 0 Å². The summed E-state index contributed by atoms with van der Waals surface area (Å²) in [7, 11) is 0. The van der Waals surface area contributed by atoms with E-state index in [9.17, 15) is 4.79 Å². The third-order valence-corrected chi connectivity index (χ3v) is 3.90. The van der Waals surface area contributed by atoms with Gasteiger partial charge in [-0.3, -0.25) is 4.79 Å². The van der Waals surface area contributed by atoms with E-state index in [1.807, 2.05) is 42.2 Å². The van der Waals surface area contributed by atoms with Crippen molar-refractivity contribution in [1.82, 2.24) is 9.47 Å². The summed E-state index contributed by atoms with van der Waals surface area (Å²) in [5, 5.41) is 0. The average molecular weight is 254 g/mol. The number of rotatable bonds is 1. The molecule has 1 atom stereocenters. The summed E-state index contributed by atoms with van der Waals surface area (Å²) >= 11 is 0. The minimum absolute atomic E-state index is 0.125. The van der Waals surface area contributed by atoms with Crippen molar-refractivity contribution in [3.8, 4) is 0 Å². The summed E-state index contributed by atoms with van der Waals surface area (Å²) in [6.45, 7) is 5.78. The molecule has 1 amide bonds. The van der Waals surface area contributed by atoms with Crippen LogP contribution < -0.4 is 0 Å². The number of hydrogen-bond donors (Lipinski definition) is 0. The fourth-order valence-electron chi connectivity index (χ4n) is 2.72. The van der Waals surface area contributed by atoms with Gasteiger partial charge in [-0.1, -0.05) is 17.7 Å². The first-order valence-corrected chi connectivity index (χ1v) is 6.69. The molecule has 0 radical (unpaired) electrons. The van der Waals surface area contributed by atoms with Crippen molar-refractivity contribution in [2.24, 2.45) is 0 Å². The normalized spacial score (nSPS) is 18.2. The molecule has 98 valence electrons. The minimum atomic E-state index is 0.125. The molecule has 0 N–H and O–H groups in total. The van der Waals surface area contributed by atoms with Crippen LogP contribution in [0, 0.1) is 6.92 Å². The first kappa shape index (κ1) is 12.0. The number of fused-ring (bicyclic) bond motifs is 1. The van der Waals surface area contributed by atoms with Crippen LogP contribution in [0.4, 0.5) is 0 Å². The van der Waals surface area contributed by atoms with Crippen molar-refractivity contribution in [3.05, 3.63) is 59.4 Å². The monoisotopic (exact) mass is 254 g/mol. The van der Waals surface area contributed by atoms with E-state index in [0.717, 1.165) is 18.7 Å². The third-order valence-electron chi connectivity index (χ3n) is 3.90. The number of aryl methyl sites for hydroxylation is 1. The Morgan fingerprint density at radius 2 is 1.89 bits per heavy atom. The molecule has 3 nitrogen and oxygen atoms in total. The molecular formula is C16H18N2O. The fraction of sp³-hybridized carbons (Fsp3) is 0.312. The second kappa shape index (κ2) is 4.57. The van der Waals surface area contributed by atoms with Crippen molar-refractivity contribution >= 4 is 5.91 Å². The van der Waals surface area contributed by atoms with E-state index in [4.69, 9.17) is 0 Å². The topological polar surface area (TPSA) is 25.2 Å². The van der Waals surface area contributed by atoms with Crippen LogP contribution in [-0.2, 0) is 6.54 Å². The Bertz CT molecular complexity index is 597. The highest BCUT2D eigenvalue weighted by Crippen LogP contribution is 2.26. The molecule has 0 saturated heterocycles. The van der Waals surface area contributed by atoms with E-state index in [0.29, 0.717) is 0 Å². The first-order chi connectivity index (χ1) is 9.16. The Hall–Kier alpha value is -2.03. The number of carbonyl (C=O) groups excluding carboxylic acids is 1. The number of amides is 1. The van der Waals surface area contributed by atoms with Gasteiger partial charge in [0.15, 0.2) is 0 Å². The van der Waals surface area contributed by atoms with Gasteiger partial charge >= 0.3 is 0 Å². The Labute approximate surface area is 113 Å². The lowest BCUT2D eigenvalue weighted by Gasteiger charge is -2.35. The zero-order valence-corrected chi connectivity index (χ0v) is 11.3. The largest absolute Gasteiger partial charge is 0.348 e. The van der Waals surface area contributed by atoms with Crippen molar-refractivity contribution in [2.45, 2.75) is 26.4 Å². The number of nitrogens with zero attached hydrogens (tertiary/aromatic N) is 2. The zero-order chi connectivity index (χ0) is 13.4. The number of carbonyl (C=O) groups is 1. The highest BCUT2D eigenvalue weighted by atomic mass is 16.2. The van der Waals surface area contributed by atoms with Crippen molar-refractivity contribution in [2.75, 3.05) is 6.54 Å². The quantitative estimate of drug-likeness (QED) is 0.768. The summed E-state index contributed by atoms with van der Waals surface area (Å²) in [5.74, 6) is 0.125. The SMILES string of the molecule is Cc1ccc(C(=O)N2CCn3cccc3C2C)cc1. The Morgan fingerprint density at radius 1 is 1.16 bits per heavy atom. The van der Waals surface area contributed by atoms with E-state index >= 15 is 0 Å². The van der Waals surface area contributed by atoms with Gasteiger partial charge in [-0.05, 0) is 38.1 Å². The van der Waals surface area contributed by atoms with Crippen LogP contribution in [0.15, 0.2) is 42.6 Å². The van der Waals surface area contributed by atoms with Gasteiger partial charge in [-0.2, -0.15) is 0 Å². The van der Waals surface area contributed by atoms with Crippen LogP contribution in [0.2, 0.25) is 0 Å². The van der Waals surface area contributed by atoms with Gasteiger partial charge in [0, 0.05) is 30.5 Å². The molecule has 1 aliphatic heterocycles. The maximum Gasteiger partial charge on any atom is 0.254 e. The predicted octanol–water partition coefficient (Wildman–Crippen LogP) is 3.01. The molecule has 0 fully saturated rings. The number of hydrogen-bond acceptors (Lipinski definition) is 1. The molecule has 1 aliphatic rings. The van der Waals surface area contributed by atoms with Crippen molar-refractivity contribution in [3.63, 3.8) is 0 Å². The zero-order valence-electron chi connectivity index (χ0n) is 11.3. The minimum Gasteiger partial charge on any atom is -0.348 e. The second-order valence-corrected chi connectivity index (χ2v) is 5.17. The van der Waals surface area contributed by atoms with Crippen LogP contribution in [0.1, 0.15) is 34.6 Å². The molecule has 3 heteroatoms. The van der Waals surface area contributed by atoms with E-state index in [2.05, 4.69) is 23.8 Å². The molecule has 19 heavy (non-hydrogen) atoms. The molecule has 0 bridgehead atoms. The maximum atomic E-state index is 12.6. The standard InChI is InChI=1S/C16H18N2O/c1-12-5-7-14(8-6-12)16(19)18-11-10-17-9-3-4-15(17)13(18)2/h3-9,13H,10-11H2,1-2H3. The summed E-state index contributed by atoms with van der Waals surface area (Å²) in [4.78, 5) is 14.5. The lowest BCUT2D eigenvalue weighted by molar-refractivity contribution is 0.0644.